The summed E-state index contributed by atoms with van der Waals surface area (Å²) in [5.74, 6) is 0.00313. The average Bonchev–Trinajstić information content (AvgIpc) is 3.72. The number of amides is 2. The zero-order valence-electron chi connectivity index (χ0n) is 29.6. The predicted octanol–water partition coefficient (Wildman–Crippen LogP) is 8.04. The predicted molar refractivity (Wildman–Crippen MR) is 208 cm³/mol. The second-order valence-corrected chi connectivity index (χ2v) is 13.8. The van der Waals surface area contributed by atoms with Crippen molar-refractivity contribution in [1.29, 1.82) is 0 Å². The number of benzene rings is 2. The van der Waals surface area contributed by atoms with Crippen LogP contribution in [-0.4, -0.2) is 55.0 Å². The Bertz CT molecular complexity index is 2200. The Hall–Kier alpha value is -4.89. The lowest BCUT2D eigenvalue weighted by atomic mass is 10.1. The van der Waals surface area contributed by atoms with Gasteiger partial charge in [0.1, 0.15) is 20.2 Å². The number of aryl methyl sites for hydroxylation is 2. The van der Waals surface area contributed by atoms with Crippen molar-refractivity contribution in [1.82, 2.24) is 39.7 Å². The van der Waals surface area contributed by atoms with Gasteiger partial charge in [0, 0.05) is 48.7 Å². The molecule has 0 aliphatic carbocycles. The number of nitrogens with zero attached hydrogens (tertiary/aromatic N) is 6. The summed E-state index contributed by atoms with van der Waals surface area (Å²) in [6, 6.07) is 15.0. The van der Waals surface area contributed by atoms with Crippen molar-refractivity contribution in [2.75, 3.05) is 25.1 Å². The lowest BCUT2D eigenvalue weighted by Crippen LogP contribution is -2.19. The molecule has 5 N–H and O–H groups in total. The Kier molecular flexibility index (Phi) is 12.9. The number of nitrogen functional groups attached to an aromatic ring is 1. The number of nitrogens with two attached hydrogens (primary N) is 1. The minimum atomic E-state index is -0.486. The van der Waals surface area contributed by atoms with Crippen molar-refractivity contribution in [2.24, 2.45) is 0 Å². The van der Waals surface area contributed by atoms with Crippen molar-refractivity contribution >= 4 is 82.9 Å². The number of aromatic nitrogens is 6. The molecule has 15 heteroatoms. The number of fused-ring (bicyclic) bond motifs is 2. The molecule has 0 saturated heterocycles. The van der Waals surface area contributed by atoms with Crippen LogP contribution in [0.15, 0.2) is 70.4 Å². The molecule has 0 unspecified atom stereocenters. The molecule has 2 aromatic carbocycles. The molecule has 0 radical (unpaired) electrons. The van der Waals surface area contributed by atoms with E-state index in [2.05, 4.69) is 86.2 Å². The lowest BCUT2D eigenvalue weighted by Gasteiger charge is -2.14. The normalized spacial score (nSPS) is 10.8. The Morgan fingerprint density at radius 1 is 0.745 bits per heavy atom. The van der Waals surface area contributed by atoms with Crippen LogP contribution >= 0.6 is 31.9 Å². The van der Waals surface area contributed by atoms with E-state index in [9.17, 15) is 14.0 Å². The molecule has 51 heavy (non-hydrogen) atoms. The number of carbonyl (C=O) groups is 2. The van der Waals surface area contributed by atoms with Crippen molar-refractivity contribution in [3.63, 3.8) is 0 Å². The van der Waals surface area contributed by atoms with Crippen molar-refractivity contribution in [3.05, 3.63) is 98.6 Å². The quantitative estimate of drug-likeness (QED) is 0.0972. The third-order valence-corrected chi connectivity index (χ3v) is 8.63. The van der Waals surface area contributed by atoms with Crippen molar-refractivity contribution in [2.45, 2.75) is 53.6 Å². The molecule has 6 aromatic rings. The maximum atomic E-state index is 13.5. The number of carbonyl (C=O) groups excluding carboxylic acids is 2. The van der Waals surface area contributed by atoms with E-state index < -0.39 is 5.95 Å². The van der Waals surface area contributed by atoms with Crippen LogP contribution in [0, 0.1) is 19.8 Å². The van der Waals surface area contributed by atoms with Crippen LogP contribution in [0.4, 0.5) is 21.6 Å². The molecule has 268 valence electrons. The first-order valence-electron chi connectivity index (χ1n) is 16.0. The number of hydrogen-bond donors (Lipinski definition) is 4. The molecular weight excluding hydrogens is 783 g/mol. The SMILES string of the molecule is CC(C)n1cnc2cc(Br)nc(F)c21.CNC(=O)c1cc(N)ccc1C.CNC(=O)c1cc(Nc2nc(Br)cc3ncn(C(C)C)c23)ccc1C. The monoisotopic (exact) mass is 822 g/mol. The Labute approximate surface area is 312 Å². The molecule has 0 bridgehead atoms. The van der Waals surface area contributed by atoms with Gasteiger partial charge in [0.05, 0.1) is 23.7 Å². The minimum Gasteiger partial charge on any atom is -0.399 e. The summed E-state index contributed by atoms with van der Waals surface area (Å²) in [5, 5.41) is 8.56. The number of hydrogen-bond acceptors (Lipinski definition) is 8. The van der Waals surface area contributed by atoms with Crippen LogP contribution in [0.2, 0.25) is 0 Å². The molecule has 4 heterocycles. The van der Waals surface area contributed by atoms with Gasteiger partial charge in [-0.1, -0.05) is 12.1 Å². The summed E-state index contributed by atoms with van der Waals surface area (Å²) in [5.41, 5.74) is 12.9. The van der Waals surface area contributed by atoms with Crippen LogP contribution in [0.25, 0.3) is 22.1 Å². The molecule has 0 atom stereocenters. The number of nitrogens with one attached hydrogen (secondary N) is 3. The summed E-state index contributed by atoms with van der Waals surface area (Å²) in [6.07, 6.45) is 3.45. The average molecular weight is 825 g/mol. The van der Waals surface area contributed by atoms with Gasteiger partial charge in [-0.2, -0.15) is 4.39 Å². The van der Waals surface area contributed by atoms with Crippen molar-refractivity contribution in [3.8, 4) is 0 Å². The topological polar surface area (TPSA) is 158 Å². The standard InChI is InChI=1S/C18H20BrN5O.C9H9BrFN3.C9H12N2O/c1-10(2)24-9-21-14-8-15(19)23-17(16(14)24)22-12-6-5-11(3)13(7-12)18(25)20-4;1-5(2)14-4-12-6-3-7(10)13-9(11)8(6)14;1-6-3-4-7(10)5-8(6)9(12)11-2/h5-10H,1-4H3,(H,20,25)(H,22,23);3-5H,1-2H3;3-5H,10H2,1-2H3,(H,11,12). The molecule has 0 fully saturated rings. The van der Waals surface area contributed by atoms with E-state index in [4.69, 9.17) is 5.73 Å². The molecule has 12 nitrogen and oxygen atoms in total. The summed E-state index contributed by atoms with van der Waals surface area (Å²) in [4.78, 5) is 40.1. The molecule has 4 aromatic heterocycles. The first-order chi connectivity index (χ1) is 24.1. The van der Waals surface area contributed by atoms with Gasteiger partial charge in [-0.05, 0) is 121 Å². The smallest absolute Gasteiger partial charge is 0.251 e. The largest absolute Gasteiger partial charge is 0.399 e. The Morgan fingerprint density at radius 3 is 1.78 bits per heavy atom. The zero-order chi connectivity index (χ0) is 37.6. The van der Waals surface area contributed by atoms with Gasteiger partial charge in [-0.25, -0.2) is 19.9 Å². The number of halogens is 3. The van der Waals surface area contributed by atoms with E-state index in [-0.39, 0.29) is 23.9 Å². The number of rotatable bonds is 6. The number of pyridine rings is 2. The van der Waals surface area contributed by atoms with Crippen LogP contribution in [0.1, 0.15) is 71.6 Å². The minimum absolute atomic E-state index is 0.0974. The molecule has 0 aliphatic rings. The van der Waals surface area contributed by atoms with Gasteiger partial charge in [0.2, 0.25) is 5.95 Å². The molecule has 6 rings (SSSR count). The van der Waals surface area contributed by atoms with E-state index in [1.807, 2.05) is 64.4 Å². The highest BCUT2D eigenvalue weighted by molar-refractivity contribution is 9.10. The van der Waals surface area contributed by atoms with Gasteiger partial charge in [0.15, 0.2) is 5.82 Å². The molecular formula is C36H41Br2FN10O2. The third kappa shape index (κ3) is 9.27. The fourth-order valence-corrected chi connectivity index (χ4v) is 5.89. The maximum Gasteiger partial charge on any atom is 0.251 e. The highest BCUT2D eigenvalue weighted by Crippen LogP contribution is 2.30. The van der Waals surface area contributed by atoms with Gasteiger partial charge in [-0.3, -0.25) is 9.59 Å². The number of imidazole rings is 2. The summed E-state index contributed by atoms with van der Waals surface area (Å²) >= 11 is 6.57. The molecule has 0 spiro atoms. The second kappa shape index (κ2) is 16.9. The van der Waals surface area contributed by atoms with Crippen LogP contribution in [0.5, 0.6) is 0 Å². The van der Waals surface area contributed by atoms with Gasteiger partial charge >= 0.3 is 0 Å². The van der Waals surface area contributed by atoms with Crippen LogP contribution < -0.4 is 21.7 Å². The fourth-order valence-electron chi connectivity index (χ4n) is 5.12. The van der Waals surface area contributed by atoms with Gasteiger partial charge < -0.3 is 30.8 Å². The number of anilines is 3. The molecule has 0 aliphatic heterocycles. The first-order valence-corrected chi connectivity index (χ1v) is 17.6. The second-order valence-electron chi connectivity index (χ2n) is 12.1. The maximum absolute atomic E-state index is 13.5. The molecule has 0 saturated carbocycles. The Balaban J connectivity index is 0.000000189. The van der Waals surface area contributed by atoms with E-state index in [0.717, 1.165) is 27.8 Å². The summed E-state index contributed by atoms with van der Waals surface area (Å²) < 4.78 is 18.5. The molecule has 2 amide bonds. The van der Waals surface area contributed by atoms with Crippen LogP contribution in [0.3, 0.4) is 0 Å². The van der Waals surface area contributed by atoms with Gasteiger partial charge in [-0.15, -0.1) is 0 Å². The van der Waals surface area contributed by atoms with Crippen LogP contribution in [-0.2, 0) is 0 Å². The Morgan fingerprint density at radius 2 is 1.24 bits per heavy atom. The lowest BCUT2D eigenvalue weighted by molar-refractivity contribution is 0.0954. The van der Waals surface area contributed by atoms with Crippen molar-refractivity contribution < 1.29 is 14.0 Å². The first kappa shape index (κ1) is 38.9. The van der Waals surface area contributed by atoms with E-state index in [0.29, 0.717) is 42.9 Å². The summed E-state index contributed by atoms with van der Waals surface area (Å²) in [7, 11) is 3.23. The van der Waals surface area contributed by atoms with E-state index in [1.54, 1.807) is 43.2 Å². The highest BCUT2D eigenvalue weighted by atomic mass is 79.9. The highest BCUT2D eigenvalue weighted by Gasteiger charge is 2.16. The van der Waals surface area contributed by atoms with Gasteiger partial charge in [0.25, 0.3) is 11.8 Å². The van der Waals surface area contributed by atoms with E-state index >= 15 is 0 Å². The third-order valence-electron chi connectivity index (χ3n) is 7.82. The zero-order valence-corrected chi connectivity index (χ0v) is 32.8. The summed E-state index contributed by atoms with van der Waals surface area (Å²) in [6.45, 7) is 11.9. The van der Waals surface area contributed by atoms with E-state index in [1.165, 1.54) is 0 Å². The fraction of sp³-hybridized carbons (Fsp3) is 0.278.